The number of aromatic nitrogens is 1. The minimum Gasteiger partial charge on any atom is -0.437 e. The van der Waals surface area contributed by atoms with Crippen LogP contribution in [0.5, 0.6) is 0 Å². The number of aryl methyl sites for hydroxylation is 2. The highest BCUT2D eigenvalue weighted by atomic mass is 16.4. The Bertz CT molecular complexity index is 1560. The van der Waals surface area contributed by atoms with Gasteiger partial charge in [-0.2, -0.15) is 0 Å². The smallest absolute Gasteiger partial charge is 0.222 e. The van der Waals surface area contributed by atoms with Crippen molar-refractivity contribution >= 4 is 5.69 Å². The molecule has 196 valence electrons. The van der Waals surface area contributed by atoms with Gasteiger partial charge in [-0.1, -0.05) is 117 Å². The molecule has 1 N–H and O–H groups in total. The van der Waals surface area contributed by atoms with Crippen LogP contribution in [-0.2, 0) is 6.42 Å². The van der Waals surface area contributed by atoms with Crippen LogP contribution in [0.25, 0.3) is 22.6 Å². The summed E-state index contributed by atoms with van der Waals surface area (Å²) in [4.78, 5) is 5.25. The highest BCUT2D eigenvalue weighted by Gasteiger charge is 2.32. The van der Waals surface area contributed by atoms with Crippen molar-refractivity contribution in [2.75, 3.05) is 5.32 Å². The van der Waals surface area contributed by atoms with Crippen molar-refractivity contribution in [3.05, 3.63) is 130 Å². The Morgan fingerprint density at radius 3 is 2.23 bits per heavy atom. The number of fused-ring (bicyclic) bond motifs is 2. The zero-order valence-electron chi connectivity index (χ0n) is 23.5. The monoisotopic (exact) mass is 512 g/mol. The van der Waals surface area contributed by atoms with E-state index < -0.39 is 0 Å². The third-order valence-corrected chi connectivity index (χ3v) is 7.98. The fraction of sp³-hybridized carbons (Fsp3) is 0.250. The highest BCUT2D eigenvalue weighted by molar-refractivity contribution is 5.77. The minimum absolute atomic E-state index is 0.216. The van der Waals surface area contributed by atoms with Crippen LogP contribution < -0.4 is 5.32 Å². The van der Waals surface area contributed by atoms with Gasteiger partial charge in [-0.25, -0.2) is 4.98 Å². The van der Waals surface area contributed by atoms with Crippen molar-refractivity contribution in [2.45, 2.75) is 58.9 Å². The Morgan fingerprint density at radius 1 is 0.846 bits per heavy atom. The Kier molecular flexibility index (Phi) is 6.60. The molecule has 5 aromatic rings. The molecular formula is C36H36N2O. The summed E-state index contributed by atoms with van der Waals surface area (Å²) < 4.78 is 6.80. The van der Waals surface area contributed by atoms with Gasteiger partial charge in [-0.05, 0) is 59.9 Å². The molecule has 0 aliphatic carbocycles. The van der Waals surface area contributed by atoms with Crippen LogP contribution in [0.3, 0.4) is 0 Å². The number of nitrogens with zero attached hydrogens (tertiary/aromatic N) is 1. The summed E-state index contributed by atoms with van der Waals surface area (Å²) in [5.41, 5.74) is 12.0. The normalized spacial score (nSPS) is 16.7. The first-order chi connectivity index (χ1) is 18.9. The maximum Gasteiger partial charge on any atom is 0.222 e. The third-order valence-electron chi connectivity index (χ3n) is 7.98. The summed E-state index contributed by atoms with van der Waals surface area (Å²) in [5, 5.41) is 4.00. The van der Waals surface area contributed by atoms with Gasteiger partial charge in [0.2, 0.25) is 5.89 Å². The van der Waals surface area contributed by atoms with E-state index in [0.717, 1.165) is 29.0 Å². The van der Waals surface area contributed by atoms with Gasteiger partial charge in [0, 0.05) is 16.8 Å². The average Bonchev–Trinajstić information content (AvgIpc) is 3.37. The predicted octanol–water partition coefficient (Wildman–Crippen LogP) is 9.61. The van der Waals surface area contributed by atoms with Crippen LogP contribution in [0.15, 0.2) is 95.4 Å². The van der Waals surface area contributed by atoms with E-state index in [9.17, 15) is 0 Å². The number of benzene rings is 4. The van der Waals surface area contributed by atoms with Crippen LogP contribution in [0, 0.1) is 13.8 Å². The van der Waals surface area contributed by atoms with Crippen LogP contribution in [-0.4, -0.2) is 4.98 Å². The molecule has 6 rings (SSSR count). The largest absolute Gasteiger partial charge is 0.437 e. The van der Waals surface area contributed by atoms with Crippen LogP contribution in [0.4, 0.5) is 5.69 Å². The van der Waals surface area contributed by atoms with Gasteiger partial charge in [0.25, 0.3) is 0 Å². The number of para-hydroxylation sites is 1. The van der Waals surface area contributed by atoms with Gasteiger partial charge in [0.15, 0.2) is 5.76 Å². The number of oxazole rings is 1. The SMILES string of the molecule is Cc1cc(C)c2c(c1)CC(C)c1cccc(C(C)C)c1NC2c1nc(-c2ccccc2)c(-c2ccccc2)o1. The molecule has 0 saturated heterocycles. The molecule has 1 aliphatic rings. The van der Waals surface area contributed by atoms with Crippen molar-refractivity contribution in [1.82, 2.24) is 4.98 Å². The van der Waals surface area contributed by atoms with E-state index in [-0.39, 0.29) is 6.04 Å². The summed E-state index contributed by atoms with van der Waals surface area (Å²) in [7, 11) is 0. The lowest BCUT2D eigenvalue weighted by Crippen LogP contribution is -2.22. The first-order valence-corrected chi connectivity index (χ1v) is 14.0. The van der Waals surface area contributed by atoms with E-state index in [4.69, 9.17) is 9.40 Å². The van der Waals surface area contributed by atoms with Gasteiger partial charge in [-0.15, -0.1) is 0 Å². The Balaban J connectivity index is 1.61. The van der Waals surface area contributed by atoms with Crippen LogP contribution in [0.1, 0.15) is 77.9 Å². The molecule has 2 heterocycles. The third kappa shape index (κ3) is 4.67. The average molecular weight is 513 g/mol. The van der Waals surface area contributed by atoms with E-state index >= 15 is 0 Å². The van der Waals surface area contributed by atoms with Gasteiger partial charge in [-0.3, -0.25) is 0 Å². The topological polar surface area (TPSA) is 38.1 Å². The summed E-state index contributed by atoms with van der Waals surface area (Å²) in [6.07, 6.45) is 0.975. The molecule has 1 aliphatic heterocycles. The van der Waals surface area contributed by atoms with E-state index in [0.29, 0.717) is 17.7 Å². The molecular weight excluding hydrogens is 476 g/mol. The fourth-order valence-corrected chi connectivity index (χ4v) is 6.17. The quantitative estimate of drug-likeness (QED) is 0.260. The molecule has 0 fully saturated rings. The molecule has 3 nitrogen and oxygen atoms in total. The second-order valence-electron chi connectivity index (χ2n) is 11.3. The highest BCUT2D eigenvalue weighted by Crippen LogP contribution is 2.44. The summed E-state index contributed by atoms with van der Waals surface area (Å²) in [6, 6.07) is 31.9. The Hall–Kier alpha value is -4.11. The molecule has 0 radical (unpaired) electrons. The summed E-state index contributed by atoms with van der Waals surface area (Å²) in [6.45, 7) is 11.3. The number of anilines is 1. The van der Waals surface area contributed by atoms with Crippen LogP contribution >= 0.6 is 0 Å². The zero-order chi connectivity index (χ0) is 27.1. The summed E-state index contributed by atoms with van der Waals surface area (Å²) in [5.74, 6) is 2.27. The van der Waals surface area contributed by atoms with Crippen molar-refractivity contribution < 1.29 is 4.42 Å². The lowest BCUT2D eigenvalue weighted by atomic mass is 9.82. The van der Waals surface area contributed by atoms with Crippen LogP contribution in [0.2, 0.25) is 0 Å². The second kappa shape index (κ2) is 10.2. The van der Waals surface area contributed by atoms with E-state index in [1.807, 2.05) is 12.1 Å². The van der Waals surface area contributed by atoms with Crippen molar-refractivity contribution in [3.8, 4) is 22.6 Å². The molecule has 0 amide bonds. The van der Waals surface area contributed by atoms with Gasteiger partial charge < -0.3 is 9.73 Å². The number of hydrogen-bond donors (Lipinski definition) is 1. The summed E-state index contributed by atoms with van der Waals surface area (Å²) >= 11 is 0. The maximum absolute atomic E-state index is 6.80. The van der Waals surface area contributed by atoms with Crippen molar-refractivity contribution in [1.29, 1.82) is 0 Å². The molecule has 1 aromatic heterocycles. The number of rotatable bonds is 4. The van der Waals surface area contributed by atoms with E-state index in [1.165, 1.54) is 39.1 Å². The van der Waals surface area contributed by atoms with Crippen molar-refractivity contribution in [2.24, 2.45) is 0 Å². The lowest BCUT2D eigenvalue weighted by Gasteiger charge is -2.31. The second-order valence-corrected chi connectivity index (χ2v) is 11.3. The zero-order valence-corrected chi connectivity index (χ0v) is 23.5. The first-order valence-electron chi connectivity index (χ1n) is 14.0. The molecule has 0 bridgehead atoms. The van der Waals surface area contributed by atoms with Gasteiger partial charge >= 0.3 is 0 Å². The fourth-order valence-electron chi connectivity index (χ4n) is 6.17. The maximum atomic E-state index is 6.80. The molecule has 2 atom stereocenters. The lowest BCUT2D eigenvalue weighted by molar-refractivity contribution is 0.491. The molecule has 0 saturated carbocycles. The molecule has 0 spiro atoms. The number of nitrogens with one attached hydrogen (secondary N) is 1. The Morgan fingerprint density at radius 2 is 1.54 bits per heavy atom. The standard InChI is InChI=1S/C36H36N2O/c1-22(2)29-17-12-18-30-24(4)21-28-20-23(3)19-25(5)31(28)34(37-33(29)30)36-38-32(26-13-8-6-9-14-26)35(39-36)27-15-10-7-11-16-27/h6-20,22,24,34,37H,21H2,1-5H3. The minimum atomic E-state index is -0.216. The molecule has 2 unspecified atom stereocenters. The predicted molar refractivity (Wildman–Crippen MR) is 161 cm³/mol. The molecule has 4 aromatic carbocycles. The molecule has 39 heavy (non-hydrogen) atoms. The van der Waals surface area contributed by atoms with Crippen molar-refractivity contribution in [3.63, 3.8) is 0 Å². The van der Waals surface area contributed by atoms with E-state index in [2.05, 4.69) is 119 Å². The van der Waals surface area contributed by atoms with E-state index in [1.54, 1.807) is 0 Å². The Labute approximate surface area is 232 Å². The number of hydrogen-bond acceptors (Lipinski definition) is 3. The van der Waals surface area contributed by atoms with Gasteiger partial charge in [0.05, 0.1) is 0 Å². The first kappa shape index (κ1) is 25.2. The van der Waals surface area contributed by atoms with Gasteiger partial charge in [0.1, 0.15) is 11.7 Å². The molecule has 3 heteroatoms.